The Kier molecular flexibility index (Phi) is 7.68. The third kappa shape index (κ3) is 5.97. The molecule has 1 aliphatic rings. The second-order valence-electron chi connectivity index (χ2n) is 7.04. The van der Waals surface area contributed by atoms with Gasteiger partial charge in [-0.05, 0) is 49.7 Å². The molecule has 2 aromatic carbocycles. The van der Waals surface area contributed by atoms with E-state index in [4.69, 9.17) is 14.2 Å². The molecule has 0 unspecified atom stereocenters. The summed E-state index contributed by atoms with van der Waals surface area (Å²) < 4.78 is 16.4. The van der Waals surface area contributed by atoms with Crippen molar-refractivity contribution >= 4 is 23.3 Å². The van der Waals surface area contributed by atoms with Crippen LogP contribution >= 0.6 is 0 Å². The Bertz CT molecular complexity index is 819. The summed E-state index contributed by atoms with van der Waals surface area (Å²) >= 11 is 0. The van der Waals surface area contributed by atoms with Gasteiger partial charge in [-0.15, -0.1) is 0 Å². The number of nitrogens with one attached hydrogen (secondary N) is 1. The van der Waals surface area contributed by atoms with Crippen molar-refractivity contribution in [3.63, 3.8) is 0 Å². The zero-order valence-electron chi connectivity index (χ0n) is 17.4. The second-order valence-corrected chi connectivity index (χ2v) is 7.04. The molecular formula is C23H28N2O5. The Morgan fingerprint density at radius 3 is 2.37 bits per heavy atom. The number of nitrogens with zero attached hydrogens (tertiary/aromatic N) is 1. The van der Waals surface area contributed by atoms with Crippen molar-refractivity contribution in [3.8, 4) is 5.75 Å². The predicted octanol–water partition coefficient (Wildman–Crippen LogP) is 3.25. The number of hydrogen-bond acceptors (Lipinski definition) is 6. The van der Waals surface area contributed by atoms with Crippen molar-refractivity contribution in [1.29, 1.82) is 0 Å². The predicted molar refractivity (Wildman–Crippen MR) is 115 cm³/mol. The van der Waals surface area contributed by atoms with Gasteiger partial charge in [-0.25, -0.2) is 4.79 Å². The van der Waals surface area contributed by atoms with Crippen LogP contribution in [-0.2, 0) is 19.1 Å². The fourth-order valence-corrected chi connectivity index (χ4v) is 3.09. The lowest BCUT2D eigenvalue weighted by Gasteiger charge is -2.29. The van der Waals surface area contributed by atoms with E-state index in [1.54, 1.807) is 19.1 Å². The minimum Gasteiger partial charge on any atom is -0.479 e. The molecule has 1 N–H and O–H groups in total. The minimum absolute atomic E-state index is 0.392. The molecule has 7 heteroatoms. The molecule has 0 aromatic heterocycles. The number of para-hydroxylation sites is 1. The molecule has 1 aliphatic heterocycles. The van der Waals surface area contributed by atoms with E-state index in [-0.39, 0.29) is 0 Å². The molecular weight excluding hydrogens is 384 g/mol. The quantitative estimate of drug-likeness (QED) is 0.671. The van der Waals surface area contributed by atoms with Gasteiger partial charge in [0, 0.05) is 24.5 Å². The molecule has 1 fully saturated rings. The highest BCUT2D eigenvalue weighted by Gasteiger charge is 2.25. The van der Waals surface area contributed by atoms with Crippen LogP contribution in [-0.4, -0.2) is 50.4 Å². The summed E-state index contributed by atoms with van der Waals surface area (Å²) in [7, 11) is 0. The molecule has 0 saturated carbocycles. The fourth-order valence-electron chi connectivity index (χ4n) is 3.09. The topological polar surface area (TPSA) is 77.1 Å². The average molecular weight is 412 g/mol. The summed E-state index contributed by atoms with van der Waals surface area (Å²) in [6.07, 6.45) is -1.27. The van der Waals surface area contributed by atoms with Gasteiger partial charge >= 0.3 is 5.97 Å². The average Bonchev–Trinajstić information content (AvgIpc) is 2.79. The summed E-state index contributed by atoms with van der Waals surface area (Å²) in [5.41, 5.74) is 1.73. The van der Waals surface area contributed by atoms with E-state index >= 15 is 0 Å². The molecule has 1 saturated heterocycles. The number of carbonyl (C=O) groups is 2. The van der Waals surface area contributed by atoms with Crippen molar-refractivity contribution in [2.24, 2.45) is 0 Å². The molecule has 0 radical (unpaired) electrons. The highest BCUT2D eigenvalue weighted by molar-refractivity contribution is 5.95. The number of amides is 1. The zero-order valence-corrected chi connectivity index (χ0v) is 17.4. The molecule has 160 valence electrons. The van der Waals surface area contributed by atoms with E-state index in [1.807, 2.05) is 49.4 Å². The number of benzene rings is 2. The summed E-state index contributed by atoms with van der Waals surface area (Å²) in [6, 6.07) is 16.7. The molecule has 30 heavy (non-hydrogen) atoms. The maximum absolute atomic E-state index is 12.4. The van der Waals surface area contributed by atoms with Gasteiger partial charge in [0.15, 0.2) is 12.2 Å². The molecule has 2 atom stereocenters. The number of carbonyl (C=O) groups excluding carboxylic acids is 2. The first-order chi connectivity index (χ1) is 14.6. The lowest BCUT2D eigenvalue weighted by Crippen LogP contribution is -2.36. The normalized spacial score (nSPS) is 15.7. The summed E-state index contributed by atoms with van der Waals surface area (Å²) in [5, 5.41) is 2.78. The largest absolute Gasteiger partial charge is 0.479 e. The molecule has 0 aliphatic carbocycles. The smallest absolute Gasteiger partial charge is 0.348 e. The number of anilines is 2. The van der Waals surface area contributed by atoms with E-state index < -0.39 is 24.1 Å². The zero-order chi connectivity index (χ0) is 21.3. The molecule has 1 heterocycles. The van der Waals surface area contributed by atoms with Gasteiger partial charge in [0.25, 0.3) is 5.91 Å². The maximum atomic E-state index is 12.4. The first-order valence-corrected chi connectivity index (χ1v) is 10.2. The van der Waals surface area contributed by atoms with Crippen LogP contribution in [0.1, 0.15) is 20.3 Å². The monoisotopic (exact) mass is 412 g/mol. The van der Waals surface area contributed by atoms with E-state index in [1.165, 1.54) is 0 Å². The van der Waals surface area contributed by atoms with Gasteiger partial charge in [-0.3, -0.25) is 4.79 Å². The standard InChI is InChI=1S/C23H28N2O5/c1-3-21(30-20-7-5-4-6-8-20)23(27)29-17(2)22(26)24-18-9-11-19(12-10-18)25-13-15-28-16-14-25/h4-12,17,21H,3,13-16H2,1-2H3,(H,24,26)/t17-,21+/m1/s1. The third-order valence-corrected chi connectivity index (χ3v) is 4.83. The van der Waals surface area contributed by atoms with Gasteiger partial charge in [0.2, 0.25) is 0 Å². The molecule has 1 amide bonds. The number of esters is 1. The van der Waals surface area contributed by atoms with Gasteiger partial charge in [-0.2, -0.15) is 0 Å². The molecule has 2 aromatic rings. The molecule has 7 nitrogen and oxygen atoms in total. The Labute approximate surface area is 176 Å². The van der Waals surface area contributed by atoms with Crippen LogP contribution in [0.3, 0.4) is 0 Å². The summed E-state index contributed by atoms with van der Waals surface area (Å²) in [4.78, 5) is 27.1. The van der Waals surface area contributed by atoms with Gasteiger partial charge < -0.3 is 24.4 Å². The van der Waals surface area contributed by atoms with Gasteiger partial charge in [0.05, 0.1) is 13.2 Å². The number of hydrogen-bond donors (Lipinski definition) is 1. The molecule has 0 spiro atoms. The first kappa shape index (κ1) is 21.6. The molecule has 0 bridgehead atoms. The van der Waals surface area contributed by atoms with Crippen LogP contribution in [0.2, 0.25) is 0 Å². The van der Waals surface area contributed by atoms with Crippen LogP contribution in [0.4, 0.5) is 11.4 Å². The van der Waals surface area contributed by atoms with Gasteiger partial charge in [0.1, 0.15) is 5.75 Å². The highest BCUT2D eigenvalue weighted by Crippen LogP contribution is 2.19. The van der Waals surface area contributed by atoms with Crippen molar-refractivity contribution in [1.82, 2.24) is 0 Å². The van der Waals surface area contributed by atoms with Crippen LogP contribution < -0.4 is 15.0 Å². The lowest BCUT2D eigenvalue weighted by molar-refractivity contribution is -0.160. The Morgan fingerprint density at radius 1 is 1.07 bits per heavy atom. The highest BCUT2D eigenvalue weighted by atomic mass is 16.6. The fraction of sp³-hybridized carbons (Fsp3) is 0.391. The van der Waals surface area contributed by atoms with Crippen LogP contribution in [0, 0.1) is 0 Å². The van der Waals surface area contributed by atoms with Crippen molar-refractivity contribution < 1.29 is 23.8 Å². The number of morpholine rings is 1. The van der Waals surface area contributed by atoms with Crippen molar-refractivity contribution in [2.75, 3.05) is 36.5 Å². The third-order valence-electron chi connectivity index (χ3n) is 4.83. The van der Waals surface area contributed by atoms with Crippen LogP contribution in [0.15, 0.2) is 54.6 Å². The Hall–Kier alpha value is -3.06. The maximum Gasteiger partial charge on any atom is 0.348 e. The Balaban J connectivity index is 1.51. The second kappa shape index (κ2) is 10.6. The van der Waals surface area contributed by atoms with E-state index in [9.17, 15) is 9.59 Å². The SMILES string of the molecule is CC[C@H](Oc1ccccc1)C(=O)O[C@H](C)C(=O)Nc1ccc(N2CCOCC2)cc1. The minimum atomic E-state index is -0.940. The Morgan fingerprint density at radius 2 is 1.73 bits per heavy atom. The number of ether oxygens (including phenoxy) is 3. The van der Waals surface area contributed by atoms with Crippen molar-refractivity contribution in [3.05, 3.63) is 54.6 Å². The van der Waals surface area contributed by atoms with E-state index in [0.29, 0.717) is 31.1 Å². The van der Waals surface area contributed by atoms with Crippen molar-refractivity contribution in [2.45, 2.75) is 32.5 Å². The first-order valence-electron chi connectivity index (χ1n) is 10.2. The van der Waals surface area contributed by atoms with E-state index in [2.05, 4.69) is 10.2 Å². The lowest BCUT2D eigenvalue weighted by atomic mass is 10.2. The summed E-state index contributed by atoms with van der Waals surface area (Å²) in [6.45, 7) is 6.51. The number of rotatable bonds is 8. The van der Waals surface area contributed by atoms with Crippen LogP contribution in [0.25, 0.3) is 0 Å². The van der Waals surface area contributed by atoms with Crippen LogP contribution in [0.5, 0.6) is 5.75 Å². The summed E-state index contributed by atoms with van der Waals surface area (Å²) in [5.74, 6) is -0.373. The molecule has 3 rings (SSSR count). The van der Waals surface area contributed by atoms with E-state index in [0.717, 1.165) is 18.8 Å². The van der Waals surface area contributed by atoms with Gasteiger partial charge in [-0.1, -0.05) is 25.1 Å².